The van der Waals surface area contributed by atoms with E-state index in [2.05, 4.69) is 0 Å². The second-order valence-corrected chi connectivity index (χ2v) is 10.7. The summed E-state index contributed by atoms with van der Waals surface area (Å²) in [4.78, 5) is 16.0. The van der Waals surface area contributed by atoms with Crippen LogP contribution in [0.15, 0.2) is 24.3 Å². The predicted molar refractivity (Wildman–Crippen MR) is 134 cm³/mol. The standard InChI is InChI=1S/C28H31ClFNO5/c29-17-5-9-21(24(30)11-17)26-22(10-6-18(32)12-19(33)13-25(34)35)27(15-1-2-15)31-28(16-3-4-16)23(26)14-36-20-7-8-20/h5-6,9-11,15-16,18-20,32-33H,1-4,7-8,12-14H2,(H,34,35)/b10-6+/t18-,19-/m1/s1. The first-order valence-corrected chi connectivity index (χ1v) is 13.1. The van der Waals surface area contributed by atoms with Crippen LogP contribution >= 0.6 is 11.6 Å². The van der Waals surface area contributed by atoms with Crippen molar-refractivity contribution in [3.05, 3.63) is 57.6 Å². The molecule has 1 aromatic heterocycles. The quantitative estimate of drug-likeness (QED) is 0.341. The number of carboxylic acids is 1. The Bertz CT molecular complexity index is 1170. The molecule has 0 radical (unpaired) electrons. The Morgan fingerprint density at radius 3 is 2.44 bits per heavy atom. The Labute approximate surface area is 214 Å². The van der Waals surface area contributed by atoms with Gasteiger partial charge in [-0.3, -0.25) is 9.78 Å². The fraction of sp³-hybridized carbons (Fsp3) is 0.500. The molecule has 6 nitrogen and oxygen atoms in total. The minimum atomic E-state index is -1.17. The van der Waals surface area contributed by atoms with Gasteiger partial charge >= 0.3 is 5.97 Å². The fourth-order valence-corrected chi connectivity index (χ4v) is 4.80. The molecule has 0 spiro atoms. The average Bonchev–Trinajstić information content (AvgIpc) is 3.68. The summed E-state index contributed by atoms with van der Waals surface area (Å²) in [7, 11) is 0. The van der Waals surface area contributed by atoms with Crippen molar-refractivity contribution in [3.63, 3.8) is 0 Å². The van der Waals surface area contributed by atoms with E-state index in [0.29, 0.717) is 23.1 Å². The molecule has 5 rings (SSSR count). The van der Waals surface area contributed by atoms with E-state index in [-0.39, 0.29) is 18.4 Å². The monoisotopic (exact) mass is 515 g/mol. The van der Waals surface area contributed by atoms with Crippen molar-refractivity contribution in [2.75, 3.05) is 0 Å². The molecule has 3 N–H and O–H groups in total. The number of hydrogen-bond acceptors (Lipinski definition) is 5. The molecule has 2 aromatic rings. The predicted octanol–water partition coefficient (Wildman–Crippen LogP) is 5.57. The van der Waals surface area contributed by atoms with Crippen molar-refractivity contribution < 1.29 is 29.2 Å². The van der Waals surface area contributed by atoms with Crippen LogP contribution in [-0.4, -0.2) is 44.6 Å². The van der Waals surface area contributed by atoms with E-state index in [0.717, 1.165) is 66.6 Å². The summed E-state index contributed by atoms with van der Waals surface area (Å²) in [6, 6.07) is 4.66. The van der Waals surface area contributed by atoms with Crippen LogP contribution in [0.2, 0.25) is 5.02 Å². The molecule has 2 atom stereocenters. The molecule has 36 heavy (non-hydrogen) atoms. The van der Waals surface area contributed by atoms with Crippen LogP contribution in [0.5, 0.6) is 0 Å². The van der Waals surface area contributed by atoms with E-state index in [1.807, 2.05) is 0 Å². The lowest BCUT2D eigenvalue weighted by atomic mass is 9.89. The van der Waals surface area contributed by atoms with Crippen LogP contribution < -0.4 is 0 Å². The minimum absolute atomic E-state index is 0.114. The first-order valence-electron chi connectivity index (χ1n) is 12.7. The van der Waals surface area contributed by atoms with Gasteiger partial charge in [0, 0.05) is 51.2 Å². The minimum Gasteiger partial charge on any atom is -0.481 e. The van der Waals surface area contributed by atoms with Crippen LogP contribution in [-0.2, 0) is 16.1 Å². The smallest absolute Gasteiger partial charge is 0.305 e. The number of nitrogens with zero attached hydrogens (tertiary/aromatic N) is 1. The number of aliphatic carboxylic acids is 1. The van der Waals surface area contributed by atoms with Crippen molar-refractivity contribution in [2.24, 2.45) is 0 Å². The summed E-state index contributed by atoms with van der Waals surface area (Å²) in [5.41, 5.74) is 4.64. The van der Waals surface area contributed by atoms with Gasteiger partial charge in [0.2, 0.25) is 0 Å². The maximum atomic E-state index is 15.4. The maximum Gasteiger partial charge on any atom is 0.305 e. The van der Waals surface area contributed by atoms with Crippen molar-refractivity contribution in [1.82, 2.24) is 4.98 Å². The van der Waals surface area contributed by atoms with Crippen molar-refractivity contribution in [1.29, 1.82) is 0 Å². The highest BCUT2D eigenvalue weighted by Crippen LogP contribution is 2.50. The van der Waals surface area contributed by atoms with Gasteiger partial charge in [-0.25, -0.2) is 4.39 Å². The second kappa shape index (κ2) is 10.6. The first kappa shape index (κ1) is 25.3. The number of rotatable bonds is 12. The van der Waals surface area contributed by atoms with Crippen LogP contribution in [0.25, 0.3) is 17.2 Å². The average molecular weight is 516 g/mol. The third-order valence-corrected chi connectivity index (χ3v) is 7.16. The van der Waals surface area contributed by atoms with Gasteiger partial charge in [0.05, 0.1) is 37.0 Å². The van der Waals surface area contributed by atoms with Crippen LogP contribution in [0.3, 0.4) is 0 Å². The SMILES string of the molecule is O=C(O)C[C@H](O)C[C@H](O)/C=C/c1c(C2CC2)nc(C2CC2)c(COC2CC2)c1-c1ccc(Cl)cc1F. The van der Waals surface area contributed by atoms with Crippen LogP contribution in [0, 0.1) is 5.82 Å². The topological polar surface area (TPSA) is 99.9 Å². The molecule has 3 aliphatic rings. The lowest BCUT2D eigenvalue weighted by molar-refractivity contribution is -0.139. The molecule has 0 unspecified atom stereocenters. The van der Waals surface area contributed by atoms with E-state index in [4.69, 9.17) is 26.4 Å². The Balaban J connectivity index is 1.60. The Morgan fingerprint density at radius 2 is 1.83 bits per heavy atom. The number of aliphatic hydroxyl groups excluding tert-OH is 2. The number of aliphatic hydroxyl groups is 2. The van der Waals surface area contributed by atoms with Crippen molar-refractivity contribution in [3.8, 4) is 11.1 Å². The molecule has 3 saturated carbocycles. The molecule has 8 heteroatoms. The third-order valence-electron chi connectivity index (χ3n) is 6.92. The normalized spacial score (nSPS) is 19.6. The summed E-state index contributed by atoms with van der Waals surface area (Å²) in [5, 5.41) is 29.7. The summed E-state index contributed by atoms with van der Waals surface area (Å²) in [6.45, 7) is 0.340. The van der Waals surface area contributed by atoms with Gasteiger partial charge in [0.15, 0.2) is 0 Å². The van der Waals surface area contributed by atoms with E-state index < -0.39 is 30.4 Å². The first-order chi connectivity index (χ1) is 17.3. The summed E-state index contributed by atoms with van der Waals surface area (Å²) in [5.74, 6) is -0.957. The highest BCUT2D eigenvalue weighted by Gasteiger charge is 2.36. The van der Waals surface area contributed by atoms with Crippen LogP contribution in [0.1, 0.15) is 85.7 Å². The van der Waals surface area contributed by atoms with E-state index in [9.17, 15) is 15.0 Å². The number of ether oxygens (including phenoxy) is 1. The Kier molecular flexibility index (Phi) is 7.45. The number of carbonyl (C=O) groups is 1. The highest BCUT2D eigenvalue weighted by molar-refractivity contribution is 6.30. The maximum absolute atomic E-state index is 15.4. The second-order valence-electron chi connectivity index (χ2n) is 10.2. The van der Waals surface area contributed by atoms with E-state index >= 15 is 4.39 Å². The van der Waals surface area contributed by atoms with Crippen LogP contribution in [0.4, 0.5) is 4.39 Å². The highest BCUT2D eigenvalue weighted by atomic mass is 35.5. The molecule has 3 fully saturated rings. The molecule has 0 bridgehead atoms. The van der Waals surface area contributed by atoms with Gasteiger partial charge in [-0.05, 0) is 56.7 Å². The number of aromatic nitrogens is 1. The summed E-state index contributed by atoms with van der Waals surface area (Å²) >= 11 is 6.08. The number of benzene rings is 1. The van der Waals surface area contributed by atoms with Crippen molar-refractivity contribution in [2.45, 2.75) is 88.1 Å². The van der Waals surface area contributed by atoms with Gasteiger partial charge in [0.25, 0.3) is 0 Å². The molecule has 1 heterocycles. The third kappa shape index (κ3) is 6.14. The summed E-state index contributed by atoms with van der Waals surface area (Å²) < 4.78 is 21.5. The molecule has 3 aliphatic carbocycles. The zero-order valence-corrected chi connectivity index (χ0v) is 20.8. The molecular formula is C28H31ClFNO5. The van der Waals surface area contributed by atoms with E-state index in [1.54, 1.807) is 18.2 Å². The largest absolute Gasteiger partial charge is 0.481 e. The van der Waals surface area contributed by atoms with Gasteiger partial charge in [0.1, 0.15) is 5.82 Å². The zero-order chi connectivity index (χ0) is 25.4. The molecule has 192 valence electrons. The number of pyridine rings is 1. The zero-order valence-electron chi connectivity index (χ0n) is 20.0. The molecule has 0 saturated heterocycles. The van der Waals surface area contributed by atoms with E-state index in [1.165, 1.54) is 12.1 Å². The number of carboxylic acid groups (broad SMARTS) is 1. The number of halogens is 2. The molecule has 1 aromatic carbocycles. The molecule has 0 amide bonds. The molecule has 0 aliphatic heterocycles. The Morgan fingerprint density at radius 1 is 1.14 bits per heavy atom. The fourth-order valence-electron chi connectivity index (χ4n) is 4.64. The lowest BCUT2D eigenvalue weighted by Crippen LogP contribution is -2.19. The van der Waals surface area contributed by atoms with Gasteiger partial charge in [-0.2, -0.15) is 0 Å². The van der Waals surface area contributed by atoms with Gasteiger partial charge in [-0.15, -0.1) is 0 Å². The number of hydrogen-bond donors (Lipinski definition) is 3. The summed E-state index contributed by atoms with van der Waals surface area (Å²) in [6.07, 6.45) is 6.85. The lowest BCUT2D eigenvalue weighted by Gasteiger charge is -2.21. The van der Waals surface area contributed by atoms with Gasteiger partial charge < -0.3 is 20.1 Å². The molecular weight excluding hydrogens is 485 g/mol. The van der Waals surface area contributed by atoms with Crippen molar-refractivity contribution >= 4 is 23.6 Å². The van der Waals surface area contributed by atoms with Gasteiger partial charge in [-0.1, -0.05) is 23.8 Å². The Hall–Kier alpha value is -2.32.